The van der Waals surface area contributed by atoms with Gasteiger partial charge in [-0.3, -0.25) is 0 Å². The summed E-state index contributed by atoms with van der Waals surface area (Å²) in [4.78, 5) is 6.97. The number of hydrogen-bond donors (Lipinski definition) is 0. The van der Waals surface area contributed by atoms with Gasteiger partial charge in [-0.15, -0.1) is 11.8 Å². The van der Waals surface area contributed by atoms with Crippen molar-refractivity contribution in [1.82, 2.24) is 0 Å². The molecule has 0 nitrogen and oxygen atoms in total. The van der Waals surface area contributed by atoms with Gasteiger partial charge in [0.2, 0.25) is 0 Å². The van der Waals surface area contributed by atoms with E-state index in [2.05, 4.69) is 72.8 Å². The van der Waals surface area contributed by atoms with Gasteiger partial charge in [0, 0.05) is 30.2 Å². The molecule has 0 spiro atoms. The molecule has 0 saturated heterocycles. The highest BCUT2D eigenvalue weighted by Crippen LogP contribution is 2.51. The predicted molar refractivity (Wildman–Crippen MR) is 102 cm³/mol. The highest BCUT2D eigenvalue weighted by Gasteiger charge is 2.19. The smallest absolute Gasteiger partial charge is 0.0398 e. The Balaban J connectivity index is 1.51. The van der Waals surface area contributed by atoms with E-state index in [4.69, 9.17) is 0 Å². The first-order valence-corrected chi connectivity index (χ1v) is 10.3. The van der Waals surface area contributed by atoms with Crippen molar-refractivity contribution in [2.24, 2.45) is 0 Å². The van der Waals surface area contributed by atoms with Crippen LogP contribution in [0.4, 0.5) is 0 Å². The van der Waals surface area contributed by atoms with Gasteiger partial charge in [0.1, 0.15) is 0 Å². The van der Waals surface area contributed by atoms with Crippen molar-refractivity contribution in [3.63, 3.8) is 0 Å². The Bertz CT molecular complexity index is 812. The molecule has 0 N–H and O–H groups in total. The van der Waals surface area contributed by atoms with Gasteiger partial charge in [0.15, 0.2) is 0 Å². The zero-order valence-electron chi connectivity index (χ0n) is 12.6. The summed E-state index contributed by atoms with van der Waals surface area (Å²) < 4.78 is 0. The van der Waals surface area contributed by atoms with Crippen molar-refractivity contribution in [3.8, 4) is 0 Å². The number of fused-ring (bicyclic) bond motifs is 2. The summed E-state index contributed by atoms with van der Waals surface area (Å²) >= 11 is 5.78. The van der Waals surface area contributed by atoms with Crippen LogP contribution in [0.15, 0.2) is 97.3 Å². The molecule has 3 aromatic rings. The molecule has 0 unspecified atom stereocenters. The van der Waals surface area contributed by atoms with E-state index in [-0.39, 0.29) is 0 Å². The molecule has 1 aliphatic rings. The van der Waals surface area contributed by atoms with E-state index in [1.165, 1.54) is 30.0 Å². The molecule has 0 aliphatic carbocycles. The van der Waals surface area contributed by atoms with Crippen LogP contribution in [-0.4, -0.2) is 5.75 Å². The van der Waals surface area contributed by atoms with Gasteiger partial charge in [0.25, 0.3) is 0 Å². The minimum Gasteiger partial charge on any atom is -0.125 e. The summed E-state index contributed by atoms with van der Waals surface area (Å²) in [5.74, 6) is 1.12. The van der Waals surface area contributed by atoms with Gasteiger partial charge in [0.05, 0.1) is 0 Å². The van der Waals surface area contributed by atoms with Gasteiger partial charge < -0.3 is 0 Å². The van der Waals surface area contributed by atoms with E-state index in [9.17, 15) is 0 Å². The van der Waals surface area contributed by atoms with Crippen molar-refractivity contribution >= 4 is 35.3 Å². The van der Waals surface area contributed by atoms with Gasteiger partial charge in [-0.1, -0.05) is 72.1 Å². The quantitative estimate of drug-likeness (QED) is 0.378. The van der Waals surface area contributed by atoms with E-state index in [0.29, 0.717) is 0 Å². The van der Waals surface area contributed by atoms with Crippen molar-refractivity contribution in [2.45, 2.75) is 30.9 Å². The van der Waals surface area contributed by atoms with Crippen molar-refractivity contribution in [2.75, 3.05) is 5.75 Å². The minimum atomic E-state index is 1.11. The molecule has 3 aromatic carbocycles. The van der Waals surface area contributed by atoms with Crippen LogP contribution < -0.4 is 0 Å². The fourth-order valence-electron chi connectivity index (χ4n) is 2.56. The Morgan fingerprint density at radius 2 is 1.35 bits per heavy atom. The van der Waals surface area contributed by atoms with E-state index in [0.717, 1.165) is 12.2 Å². The molecule has 23 heavy (non-hydrogen) atoms. The van der Waals surface area contributed by atoms with Crippen LogP contribution in [0.1, 0.15) is 5.56 Å². The standard InChI is InChI=1S/C20H16S3/c1-2-7-15(8-3-1)13-14-21-18-11-6-12-19-20(18)23-17-10-5-4-9-16(17)22-19/h1-12H,13-14H2. The second kappa shape index (κ2) is 7.08. The number of hydrogen-bond acceptors (Lipinski definition) is 3. The molecule has 0 aromatic heterocycles. The van der Waals surface area contributed by atoms with E-state index in [1.807, 2.05) is 35.3 Å². The van der Waals surface area contributed by atoms with Crippen molar-refractivity contribution < 1.29 is 0 Å². The molecule has 0 saturated carbocycles. The molecule has 0 radical (unpaired) electrons. The van der Waals surface area contributed by atoms with Crippen LogP contribution in [0.25, 0.3) is 0 Å². The summed E-state index contributed by atoms with van der Waals surface area (Å²) in [7, 11) is 0. The van der Waals surface area contributed by atoms with Gasteiger partial charge in [-0.05, 0) is 36.2 Å². The van der Waals surface area contributed by atoms with Crippen LogP contribution in [0, 0.1) is 0 Å². The third-order valence-corrected chi connectivity index (χ3v) is 7.52. The lowest BCUT2D eigenvalue weighted by Crippen LogP contribution is -1.93. The van der Waals surface area contributed by atoms with Gasteiger partial charge >= 0.3 is 0 Å². The molecular weight excluding hydrogens is 336 g/mol. The van der Waals surface area contributed by atoms with Crippen LogP contribution in [-0.2, 0) is 6.42 Å². The summed E-state index contributed by atoms with van der Waals surface area (Å²) in [6.07, 6.45) is 1.11. The lowest BCUT2D eigenvalue weighted by Gasteiger charge is -2.20. The van der Waals surface area contributed by atoms with Crippen molar-refractivity contribution in [1.29, 1.82) is 0 Å². The van der Waals surface area contributed by atoms with E-state index >= 15 is 0 Å². The molecule has 0 atom stereocenters. The Morgan fingerprint density at radius 3 is 2.17 bits per heavy atom. The number of thioether (sulfide) groups is 1. The zero-order valence-corrected chi connectivity index (χ0v) is 15.0. The molecule has 1 aliphatic heterocycles. The molecule has 114 valence electrons. The Kier molecular flexibility index (Phi) is 4.69. The van der Waals surface area contributed by atoms with Crippen LogP contribution in [0.3, 0.4) is 0 Å². The third kappa shape index (κ3) is 3.47. The normalized spacial score (nSPS) is 12.5. The van der Waals surface area contributed by atoms with Crippen molar-refractivity contribution in [3.05, 3.63) is 78.4 Å². The fourth-order valence-corrected chi connectivity index (χ4v) is 6.17. The first-order valence-electron chi connectivity index (χ1n) is 7.64. The van der Waals surface area contributed by atoms with Crippen LogP contribution >= 0.6 is 35.3 Å². The molecule has 0 bridgehead atoms. The average molecular weight is 353 g/mol. The van der Waals surface area contributed by atoms with Gasteiger partial charge in [-0.25, -0.2) is 0 Å². The molecule has 1 heterocycles. The maximum atomic E-state index is 2.26. The largest absolute Gasteiger partial charge is 0.125 e. The number of rotatable bonds is 4. The Labute approximate surface area is 150 Å². The van der Waals surface area contributed by atoms with Crippen LogP contribution in [0.2, 0.25) is 0 Å². The average Bonchev–Trinajstić information content (AvgIpc) is 2.61. The summed E-state index contributed by atoms with van der Waals surface area (Å²) in [6, 6.07) is 26.1. The van der Waals surface area contributed by atoms with Gasteiger partial charge in [-0.2, -0.15) is 0 Å². The second-order valence-electron chi connectivity index (χ2n) is 5.32. The predicted octanol–water partition coefficient (Wildman–Crippen LogP) is 6.64. The monoisotopic (exact) mass is 352 g/mol. The third-order valence-electron chi connectivity index (χ3n) is 3.72. The SMILES string of the molecule is c1ccc(CCSc2cccc3c2Sc2ccccc2S3)cc1. The summed E-state index contributed by atoms with van der Waals surface area (Å²) in [5, 5.41) is 0. The highest BCUT2D eigenvalue weighted by atomic mass is 32.2. The topological polar surface area (TPSA) is 0 Å². The zero-order chi connectivity index (χ0) is 15.5. The molecule has 0 amide bonds. The highest BCUT2D eigenvalue weighted by molar-refractivity contribution is 8.06. The number of benzene rings is 3. The number of aryl methyl sites for hydroxylation is 1. The first-order chi connectivity index (χ1) is 11.4. The maximum Gasteiger partial charge on any atom is 0.0398 e. The molecule has 4 rings (SSSR count). The maximum absolute atomic E-state index is 2.26. The van der Waals surface area contributed by atoms with Crippen LogP contribution in [0.5, 0.6) is 0 Å². The molecule has 3 heteroatoms. The lowest BCUT2D eigenvalue weighted by molar-refractivity contribution is 1.07. The first kappa shape index (κ1) is 15.3. The Hall–Kier alpha value is -1.29. The van der Waals surface area contributed by atoms with E-state index < -0.39 is 0 Å². The second-order valence-corrected chi connectivity index (χ2v) is 8.59. The lowest BCUT2D eigenvalue weighted by atomic mass is 10.2. The Morgan fingerprint density at radius 1 is 0.652 bits per heavy atom. The molecular formula is C20H16S3. The minimum absolute atomic E-state index is 1.11. The fraction of sp³-hybridized carbons (Fsp3) is 0.100. The van der Waals surface area contributed by atoms with E-state index in [1.54, 1.807) is 0 Å². The summed E-state index contributed by atoms with van der Waals surface area (Å²) in [5.41, 5.74) is 1.41. The summed E-state index contributed by atoms with van der Waals surface area (Å²) in [6.45, 7) is 0. The molecule has 0 fully saturated rings.